The van der Waals surface area contributed by atoms with Crippen molar-refractivity contribution in [3.8, 4) is 5.75 Å². The molecular weight excluding hydrogens is 320 g/mol. The fourth-order valence-corrected chi connectivity index (χ4v) is 2.89. The molecule has 0 saturated carbocycles. The van der Waals surface area contributed by atoms with Crippen LogP contribution in [0, 0.1) is 5.92 Å². The number of nitrogens with zero attached hydrogens (tertiary/aromatic N) is 3. The highest BCUT2D eigenvalue weighted by Gasteiger charge is 2.34. The average Bonchev–Trinajstić information content (AvgIpc) is 3.26. The first-order chi connectivity index (χ1) is 12.2. The third kappa shape index (κ3) is 4.17. The third-order valence-electron chi connectivity index (χ3n) is 4.18. The van der Waals surface area contributed by atoms with Gasteiger partial charge in [0.1, 0.15) is 5.75 Å². The van der Waals surface area contributed by atoms with E-state index >= 15 is 0 Å². The Morgan fingerprint density at radius 1 is 1.36 bits per heavy atom. The standard InChI is InChI=1S/C18H22N4O3/c1-2-25-16-5-3-15(4-6-16)22-12-14(11-17(22)23)18(24)20-8-10-21-9-7-19-13-21/h3-7,9,13-14H,2,8,10-12H2,1H3,(H,20,24)/t14-/m1/s1. The molecule has 1 fully saturated rings. The Balaban J connectivity index is 1.53. The van der Waals surface area contributed by atoms with Gasteiger partial charge in [-0.1, -0.05) is 0 Å². The summed E-state index contributed by atoms with van der Waals surface area (Å²) in [7, 11) is 0. The van der Waals surface area contributed by atoms with Crippen LogP contribution in [0.25, 0.3) is 0 Å². The molecule has 1 aliphatic heterocycles. The number of carbonyl (C=O) groups excluding carboxylic acids is 2. The average molecular weight is 342 g/mol. The van der Waals surface area contributed by atoms with Crippen molar-refractivity contribution in [3.63, 3.8) is 0 Å². The molecule has 2 heterocycles. The first-order valence-corrected chi connectivity index (χ1v) is 8.44. The smallest absolute Gasteiger partial charge is 0.227 e. The number of anilines is 1. The predicted molar refractivity (Wildman–Crippen MR) is 93.3 cm³/mol. The summed E-state index contributed by atoms with van der Waals surface area (Å²) in [6.07, 6.45) is 5.49. The number of ether oxygens (including phenoxy) is 1. The van der Waals surface area contributed by atoms with Crippen molar-refractivity contribution in [1.29, 1.82) is 0 Å². The second kappa shape index (κ2) is 7.83. The lowest BCUT2D eigenvalue weighted by Gasteiger charge is -2.17. The minimum absolute atomic E-state index is 0.0288. The zero-order chi connectivity index (χ0) is 17.6. The second-order valence-corrected chi connectivity index (χ2v) is 5.92. The summed E-state index contributed by atoms with van der Waals surface area (Å²) in [5.41, 5.74) is 0.794. The topological polar surface area (TPSA) is 76.5 Å². The summed E-state index contributed by atoms with van der Waals surface area (Å²) < 4.78 is 7.31. The molecule has 1 aromatic heterocycles. The molecule has 0 radical (unpaired) electrons. The molecule has 1 N–H and O–H groups in total. The molecule has 1 aliphatic rings. The Labute approximate surface area is 146 Å². The summed E-state index contributed by atoms with van der Waals surface area (Å²) in [6, 6.07) is 7.37. The molecule has 3 rings (SSSR count). The van der Waals surface area contributed by atoms with Crippen LogP contribution in [0.2, 0.25) is 0 Å². The molecule has 0 aliphatic carbocycles. The molecule has 1 aromatic carbocycles. The normalized spacial score (nSPS) is 16.9. The van der Waals surface area contributed by atoms with Crippen LogP contribution < -0.4 is 15.0 Å². The fourth-order valence-electron chi connectivity index (χ4n) is 2.89. The molecule has 7 nitrogen and oxygen atoms in total. The van der Waals surface area contributed by atoms with E-state index in [1.165, 1.54) is 0 Å². The van der Waals surface area contributed by atoms with Crippen LogP contribution in [-0.4, -0.2) is 41.1 Å². The van der Waals surface area contributed by atoms with E-state index in [2.05, 4.69) is 10.3 Å². The lowest BCUT2D eigenvalue weighted by atomic mass is 10.1. The second-order valence-electron chi connectivity index (χ2n) is 5.92. The van der Waals surface area contributed by atoms with E-state index in [0.717, 1.165) is 11.4 Å². The Morgan fingerprint density at radius 3 is 2.84 bits per heavy atom. The van der Waals surface area contributed by atoms with Crippen LogP contribution >= 0.6 is 0 Å². The number of carbonyl (C=O) groups is 2. The molecule has 2 aromatic rings. The molecular formula is C18H22N4O3. The zero-order valence-corrected chi connectivity index (χ0v) is 14.2. The van der Waals surface area contributed by atoms with Gasteiger partial charge in [0.25, 0.3) is 0 Å². The van der Waals surface area contributed by atoms with Gasteiger partial charge in [0.05, 0.1) is 18.9 Å². The monoisotopic (exact) mass is 342 g/mol. The lowest BCUT2D eigenvalue weighted by Crippen LogP contribution is -2.34. The van der Waals surface area contributed by atoms with Crippen molar-refractivity contribution in [2.24, 2.45) is 5.92 Å². The Morgan fingerprint density at radius 2 is 2.16 bits per heavy atom. The summed E-state index contributed by atoms with van der Waals surface area (Å²) >= 11 is 0. The Bertz CT molecular complexity index is 712. The summed E-state index contributed by atoms with van der Waals surface area (Å²) in [5.74, 6) is 0.342. The maximum absolute atomic E-state index is 12.3. The molecule has 0 bridgehead atoms. The quantitative estimate of drug-likeness (QED) is 0.826. The summed E-state index contributed by atoms with van der Waals surface area (Å²) in [5, 5.41) is 2.89. The summed E-state index contributed by atoms with van der Waals surface area (Å²) in [6.45, 7) is 4.11. The molecule has 132 valence electrons. The van der Waals surface area contributed by atoms with E-state index < -0.39 is 0 Å². The zero-order valence-electron chi connectivity index (χ0n) is 14.2. The van der Waals surface area contributed by atoms with E-state index in [1.807, 2.05) is 42.0 Å². The number of benzene rings is 1. The molecule has 7 heteroatoms. The van der Waals surface area contributed by atoms with Crippen LogP contribution in [0.15, 0.2) is 43.0 Å². The maximum atomic E-state index is 12.3. The maximum Gasteiger partial charge on any atom is 0.227 e. The van der Waals surface area contributed by atoms with Gasteiger partial charge < -0.3 is 19.5 Å². The van der Waals surface area contributed by atoms with Crippen molar-refractivity contribution in [3.05, 3.63) is 43.0 Å². The SMILES string of the molecule is CCOc1ccc(N2C[C@H](C(=O)NCCn3ccnc3)CC2=O)cc1. The van der Waals surface area contributed by atoms with Gasteiger partial charge in [0.2, 0.25) is 11.8 Å². The molecule has 2 amide bonds. The Hall–Kier alpha value is -2.83. The van der Waals surface area contributed by atoms with E-state index in [1.54, 1.807) is 17.4 Å². The van der Waals surface area contributed by atoms with Crippen LogP contribution in [-0.2, 0) is 16.1 Å². The lowest BCUT2D eigenvalue weighted by molar-refractivity contribution is -0.126. The number of amides is 2. The molecule has 0 unspecified atom stereocenters. The van der Waals surface area contributed by atoms with Crippen molar-refractivity contribution < 1.29 is 14.3 Å². The van der Waals surface area contributed by atoms with E-state index in [9.17, 15) is 9.59 Å². The van der Waals surface area contributed by atoms with Crippen molar-refractivity contribution in [2.45, 2.75) is 19.9 Å². The van der Waals surface area contributed by atoms with Gasteiger partial charge in [-0.2, -0.15) is 0 Å². The number of hydrogen-bond donors (Lipinski definition) is 1. The highest BCUT2D eigenvalue weighted by Crippen LogP contribution is 2.27. The number of aromatic nitrogens is 2. The molecule has 25 heavy (non-hydrogen) atoms. The van der Waals surface area contributed by atoms with E-state index in [4.69, 9.17) is 4.74 Å². The van der Waals surface area contributed by atoms with Crippen LogP contribution in [0.4, 0.5) is 5.69 Å². The third-order valence-corrected chi connectivity index (χ3v) is 4.18. The van der Waals surface area contributed by atoms with Gasteiger partial charge in [0, 0.05) is 44.1 Å². The van der Waals surface area contributed by atoms with E-state index in [0.29, 0.717) is 26.2 Å². The van der Waals surface area contributed by atoms with Gasteiger partial charge >= 0.3 is 0 Å². The van der Waals surface area contributed by atoms with Crippen LogP contribution in [0.3, 0.4) is 0 Å². The van der Waals surface area contributed by atoms with E-state index in [-0.39, 0.29) is 24.2 Å². The fraction of sp³-hybridized carbons (Fsp3) is 0.389. The number of hydrogen-bond acceptors (Lipinski definition) is 4. The Kier molecular flexibility index (Phi) is 5.33. The van der Waals surface area contributed by atoms with Gasteiger partial charge in [-0.15, -0.1) is 0 Å². The highest BCUT2D eigenvalue weighted by atomic mass is 16.5. The minimum Gasteiger partial charge on any atom is -0.494 e. The summed E-state index contributed by atoms with van der Waals surface area (Å²) in [4.78, 5) is 30.2. The van der Waals surface area contributed by atoms with Crippen molar-refractivity contribution in [1.82, 2.24) is 14.9 Å². The first kappa shape index (κ1) is 17.0. The predicted octanol–water partition coefficient (Wildman–Crippen LogP) is 1.45. The number of rotatable bonds is 7. The minimum atomic E-state index is -0.318. The van der Waals surface area contributed by atoms with Crippen LogP contribution in [0.5, 0.6) is 5.75 Å². The van der Waals surface area contributed by atoms with Gasteiger partial charge in [0.15, 0.2) is 0 Å². The molecule has 0 spiro atoms. The van der Waals surface area contributed by atoms with Gasteiger partial charge in [-0.3, -0.25) is 9.59 Å². The molecule has 1 saturated heterocycles. The van der Waals surface area contributed by atoms with Gasteiger partial charge in [-0.05, 0) is 31.2 Å². The number of nitrogens with one attached hydrogen (secondary N) is 1. The number of imidazole rings is 1. The van der Waals surface area contributed by atoms with Crippen LogP contribution in [0.1, 0.15) is 13.3 Å². The first-order valence-electron chi connectivity index (χ1n) is 8.44. The molecule has 1 atom stereocenters. The van der Waals surface area contributed by atoms with Crippen molar-refractivity contribution >= 4 is 17.5 Å². The largest absolute Gasteiger partial charge is 0.494 e. The van der Waals surface area contributed by atoms with Gasteiger partial charge in [-0.25, -0.2) is 4.98 Å². The van der Waals surface area contributed by atoms with Crippen molar-refractivity contribution in [2.75, 3.05) is 24.6 Å². The highest BCUT2D eigenvalue weighted by molar-refractivity contribution is 6.00.